The number of fused-ring (bicyclic) bond motifs is 1. The maximum absolute atomic E-state index is 12.3. The zero-order chi connectivity index (χ0) is 18.4. The van der Waals surface area contributed by atoms with Gasteiger partial charge in [0, 0.05) is 16.8 Å². The Morgan fingerprint density at radius 3 is 2.80 bits per heavy atom. The van der Waals surface area contributed by atoms with Crippen molar-refractivity contribution in [2.45, 2.75) is 50.3 Å². The molecule has 25 heavy (non-hydrogen) atoms. The topological polar surface area (TPSA) is 58.1 Å². The molecule has 1 N–H and O–H groups in total. The number of amides is 1. The van der Waals surface area contributed by atoms with Crippen LogP contribution in [-0.2, 0) is 11.2 Å². The van der Waals surface area contributed by atoms with Gasteiger partial charge in [0.05, 0.1) is 5.25 Å². The van der Waals surface area contributed by atoms with Crippen molar-refractivity contribution >= 4 is 39.2 Å². The summed E-state index contributed by atoms with van der Waals surface area (Å²) < 4.78 is 0. The van der Waals surface area contributed by atoms with Crippen molar-refractivity contribution in [3.63, 3.8) is 0 Å². The van der Waals surface area contributed by atoms with E-state index in [1.807, 2.05) is 13.8 Å². The molecule has 0 bridgehead atoms. The Morgan fingerprint density at radius 1 is 1.36 bits per heavy atom. The van der Waals surface area contributed by atoms with Crippen LogP contribution in [0.2, 0.25) is 0 Å². The minimum absolute atomic E-state index is 0.0743. The Hall–Kier alpha value is -1.18. The quantitative estimate of drug-likeness (QED) is 0.410. The van der Waals surface area contributed by atoms with Crippen LogP contribution in [0.3, 0.4) is 0 Å². The number of rotatable bonds is 9. The molecule has 0 aliphatic heterocycles. The van der Waals surface area contributed by atoms with Crippen LogP contribution in [0, 0.1) is 6.92 Å². The molecular formula is C18H28N4OS2. The van der Waals surface area contributed by atoms with Crippen LogP contribution < -0.4 is 5.32 Å². The maximum atomic E-state index is 12.3. The molecule has 138 valence electrons. The summed E-state index contributed by atoms with van der Waals surface area (Å²) in [5, 5.41) is 4.85. The van der Waals surface area contributed by atoms with E-state index in [9.17, 15) is 4.79 Å². The molecule has 0 radical (unpaired) electrons. The van der Waals surface area contributed by atoms with Crippen LogP contribution in [0.15, 0.2) is 11.1 Å². The average Bonchev–Trinajstić information content (AvgIpc) is 2.97. The highest BCUT2D eigenvalue weighted by Gasteiger charge is 2.18. The van der Waals surface area contributed by atoms with Gasteiger partial charge < -0.3 is 10.2 Å². The van der Waals surface area contributed by atoms with Gasteiger partial charge in [-0.2, -0.15) is 0 Å². The predicted molar refractivity (Wildman–Crippen MR) is 108 cm³/mol. The summed E-state index contributed by atoms with van der Waals surface area (Å²) in [6, 6.07) is 2.16. The molecule has 7 heteroatoms. The van der Waals surface area contributed by atoms with Crippen molar-refractivity contribution in [3.8, 4) is 0 Å². The first-order valence-electron chi connectivity index (χ1n) is 8.76. The number of hydrogen-bond acceptors (Lipinski definition) is 6. The molecule has 0 saturated carbocycles. The summed E-state index contributed by atoms with van der Waals surface area (Å²) in [5.74, 6) is 0.834. The zero-order valence-electron chi connectivity index (χ0n) is 15.8. The van der Waals surface area contributed by atoms with E-state index in [2.05, 4.69) is 47.3 Å². The van der Waals surface area contributed by atoms with Gasteiger partial charge in [0.15, 0.2) is 0 Å². The van der Waals surface area contributed by atoms with Gasteiger partial charge in [-0.3, -0.25) is 4.79 Å². The predicted octanol–water partition coefficient (Wildman–Crippen LogP) is 3.50. The van der Waals surface area contributed by atoms with Crippen molar-refractivity contribution in [2.75, 3.05) is 27.2 Å². The third kappa shape index (κ3) is 5.94. The SMILES string of the molecule is CCc1cc2c(SC(C)C(=O)NCCCCN(C)C)nc(C)nc2s1. The van der Waals surface area contributed by atoms with Gasteiger partial charge in [-0.15, -0.1) is 11.3 Å². The second-order valence-corrected chi connectivity index (χ2v) is 8.87. The van der Waals surface area contributed by atoms with E-state index in [0.717, 1.165) is 53.4 Å². The fourth-order valence-electron chi connectivity index (χ4n) is 2.44. The molecule has 0 aliphatic rings. The summed E-state index contributed by atoms with van der Waals surface area (Å²) in [6.45, 7) is 7.77. The fraction of sp³-hybridized carbons (Fsp3) is 0.611. The number of carbonyl (C=O) groups excluding carboxylic acids is 1. The van der Waals surface area contributed by atoms with Gasteiger partial charge in [0.2, 0.25) is 5.91 Å². The summed E-state index contributed by atoms with van der Waals surface area (Å²) in [6.07, 6.45) is 3.09. The Bertz CT molecular complexity index is 714. The second-order valence-electron chi connectivity index (χ2n) is 6.42. The third-order valence-electron chi connectivity index (χ3n) is 3.86. The molecule has 0 aromatic carbocycles. The minimum atomic E-state index is -0.170. The van der Waals surface area contributed by atoms with Crippen molar-refractivity contribution in [3.05, 3.63) is 16.8 Å². The van der Waals surface area contributed by atoms with E-state index in [1.165, 1.54) is 16.6 Å². The van der Waals surface area contributed by atoms with E-state index in [-0.39, 0.29) is 11.2 Å². The van der Waals surface area contributed by atoms with Crippen LogP contribution in [0.4, 0.5) is 0 Å². The van der Waals surface area contributed by atoms with E-state index in [1.54, 1.807) is 11.3 Å². The lowest BCUT2D eigenvalue weighted by atomic mass is 10.3. The lowest BCUT2D eigenvalue weighted by Gasteiger charge is -2.13. The first-order valence-corrected chi connectivity index (χ1v) is 10.5. The highest BCUT2D eigenvalue weighted by Crippen LogP contribution is 2.33. The van der Waals surface area contributed by atoms with E-state index in [4.69, 9.17) is 0 Å². The molecule has 2 rings (SSSR count). The Labute approximate surface area is 158 Å². The zero-order valence-corrected chi connectivity index (χ0v) is 17.4. The highest BCUT2D eigenvalue weighted by atomic mass is 32.2. The second kappa shape index (κ2) is 9.50. The summed E-state index contributed by atoms with van der Waals surface area (Å²) >= 11 is 3.24. The monoisotopic (exact) mass is 380 g/mol. The van der Waals surface area contributed by atoms with Gasteiger partial charge in [-0.05, 0) is 59.8 Å². The molecule has 0 fully saturated rings. The van der Waals surface area contributed by atoms with Crippen LogP contribution in [0.1, 0.15) is 37.4 Å². The van der Waals surface area contributed by atoms with Crippen LogP contribution >= 0.6 is 23.1 Å². The number of nitrogens with zero attached hydrogens (tertiary/aromatic N) is 3. The summed E-state index contributed by atoms with van der Waals surface area (Å²) in [4.78, 5) is 25.9. The summed E-state index contributed by atoms with van der Waals surface area (Å²) in [7, 11) is 4.13. The number of aryl methyl sites for hydroxylation is 2. The number of nitrogens with one attached hydrogen (secondary N) is 1. The smallest absolute Gasteiger partial charge is 0.233 e. The molecule has 1 unspecified atom stereocenters. The standard InChI is InChI=1S/C18H28N4OS2/c1-6-14-11-15-17(20-13(3)21-18(15)25-14)24-12(2)16(23)19-9-7-8-10-22(4)5/h11-12H,6-10H2,1-5H3,(H,19,23). The maximum Gasteiger partial charge on any atom is 0.233 e. The number of carbonyl (C=O) groups is 1. The summed E-state index contributed by atoms with van der Waals surface area (Å²) in [5.41, 5.74) is 0. The van der Waals surface area contributed by atoms with Gasteiger partial charge in [0.1, 0.15) is 15.7 Å². The molecule has 2 aromatic heterocycles. The molecule has 1 amide bonds. The molecule has 2 heterocycles. The molecule has 0 spiro atoms. The van der Waals surface area contributed by atoms with Gasteiger partial charge in [-0.25, -0.2) is 9.97 Å². The van der Waals surface area contributed by atoms with Crippen LogP contribution in [0.5, 0.6) is 0 Å². The molecule has 2 aromatic rings. The molecular weight excluding hydrogens is 352 g/mol. The largest absolute Gasteiger partial charge is 0.355 e. The van der Waals surface area contributed by atoms with Crippen LogP contribution in [0.25, 0.3) is 10.2 Å². The lowest BCUT2D eigenvalue weighted by Crippen LogP contribution is -2.32. The van der Waals surface area contributed by atoms with Crippen molar-refractivity contribution in [1.82, 2.24) is 20.2 Å². The molecule has 5 nitrogen and oxygen atoms in total. The number of hydrogen-bond donors (Lipinski definition) is 1. The van der Waals surface area contributed by atoms with Crippen LogP contribution in [-0.4, -0.2) is 53.2 Å². The Balaban J connectivity index is 1.95. The highest BCUT2D eigenvalue weighted by molar-refractivity contribution is 8.00. The van der Waals surface area contributed by atoms with Crippen molar-refractivity contribution in [2.24, 2.45) is 0 Å². The molecule has 0 saturated heterocycles. The third-order valence-corrected chi connectivity index (χ3v) is 6.13. The minimum Gasteiger partial charge on any atom is -0.355 e. The van der Waals surface area contributed by atoms with Gasteiger partial charge in [0.25, 0.3) is 0 Å². The molecule has 0 aliphatic carbocycles. The Kier molecular flexibility index (Phi) is 7.65. The van der Waals surface area contributed by atoms with E-state index in [0.29, 0.717) is 0 Å². The first-order chi connectivity index (χ1) is 11.9. The Morgan fingerprint density at radius 2 is 2.12 bits per heavy atom. The number of aromatic nitrogens is 2. The number of unbranched alkanes of at least 4 members (excludes halogenated alkanes) is 1. The van der Waals surface area contributed by atoms with E-state index < -0.39 is 0 Å². The van der Waals surface area contributed by atoms with Gasteiger partial charge >= 0.3 is 0 Å². The van der Waals surface area contributed by atoms with Crippen molar-refractivity contribution in [1.29, 1.82) is 0 Å². The first kappa shape index (κ1) is 20.1. The molecule has 1 atom stereocenters. The normalized spacial score (nSPS) is 12.7. The number of thiophene rings is 1. The average molecular weight is 381 g/mol. The van der Waals surface area contributed by atoms with E-state index >= 15 is 0 Å². The fourth-order valence-corrected chi connectivity index (χ4v) is 4.51. The number of thioether (sulfide) groups is 1. The van der Waals surface area contributed by atoms with Crippen molar-refractivity contribution < 1.29 is 4.79 Å². The van der Waals surface area contributed by atoms with Gasteiger partial charge in [-0.1, -0.05) is 18.7 Å². The lowest BCUT2D eigenvalue weighted by molar-refractivity contribution is -0.120.